The highest BCUT2D eigenvalue weighted by Gasteiger charge is 2.47. The average molecular weight is 1250 g/mol. The lowest BCUT2D eigenvalue weighted by molar-refractivity contribution is -0.226. The Morgan fingerprint density at radius 1 is 0.632 bits per heavy atom. The summed E-state index contributed by atoms with van der Waals surface area (Å²) in [5.41, 5.74) is 19.5. The van der Waals surface area contributed by atoms with Gasteiger partial charge in [0.2, 0.25) is 59.1 Å². The van der Waals surface area contributed by atoms with Gasteiger partial charge in [0, 0.05) is 48.9 Å². The van der Waals surface area contributed by atoms with Crippen molar-refractivity contribution in [2.75, 3.05) is 29.8 Å². The Morgan fingerprint density at radius 3 is 1.78 bits per heavy atom. The zero-order valence-electron chi connectivity index (χ0n) is 47.9. The van der Waals surface area contributed by atoms with E-state index >= 15 is 0 Å². The first-order valence-electron chi connectivity index (χ1n) is 27.7. The predicted molar refractivity (Wildman–Crippen MR) is 320 cm³/mol. The summed E-state index contributed by atoms with van der Waals surface area (Å²) < 4.78 is 5.26. The maximum Gasteiger partial charge on any atom is 0.249 e. The monoisotopic (exact) mass is 1250 g/mol. The Bertz CT molecular complexity index is 3000. The second-order valence-electron chi connectivity index (χ2n) is 20.5. The molecule has 0 spiro atoms. The number of phenols is 1. The van der Waals surface area contributed by atoms with Crippen molar-refractivity contribution < 1.29 is 78.2 Å². The van der Waals surface area contributed by atoms with E-state index in [4.69, 9.17) is 21.9 Å². The van der Waals surface area contributed by atoms with Crippen molar-refractivity contribution in [3.63, 3.8) is 0 Å². The molecule has 2 heterocycles. The number of aromatic hydroxyl groups is 1. The molecule has 10 amide bonds. The van der Waals surface area contributed by atoms with Gasteiger partial charge in [-0.15, -0.1) is 23.5 Å². The molecule has 1 aromatic heterocycles. The van der Waals surface area contributed by atoms with Crippen LogP contribution in [0, 0.1) is 0 Å². The molecule has 0 saturated carbocycles. The molecule has 1 aliphatic rings. The summed E-state index contributed by atoms with van der Waals surface area (Å²) in [5.74, 6) is -9.43. The summed E-state index contributed by atoms with van der Waals surface area (Å²) in [4.78, 5) is 139. The number of thioether (sulfide) groups is 2. The van der Waals surface area contributed by atoms with E-state index in [1.165, 1.54) is 38.1 Å². The largest absolute Gasteiger partial charge is 0.508 e. The zero-order valence-corrected chi connectivity index (χ0v) is 49.6. The third-order valence-electron chi connectivity index (χ3n) is 13.6. The van der Waals surface area contributed by atoms with E-state index in [1.807, 2.05) is 0 Å². The lowest BCUT2D eigenvalue weighted by Gasteiger charge is -2.40. The summed E-state index contributed by atoms with van der Waals surface area (Å²) in [7, 11) is 0. The number of phenolic OH excluding ortho intramolecular Hbond substituents is 1. The van der Waals surface area contributed by atoms with Crippen molar-refractivity contribution in [2.24, 2.45) is 17.2 Å². The first-order valence-corrected chi connectivity index (χ1v) is 30.0. The van der Waals surface area contributed by atoms with Gasteiger partial charge in [0.15, 0.2) is 12.3 Å². The number of aromatic amines is 1. The molecule has 6 unspecified atom stereocenters. The highest BCUT2D eigenvalue weighted by atomic mass is 32.2. The summed E-state index contributed by atoms with van der Waals surface area (Å²) in [6.07, 6.45) is -9.54. The van der Waals surface area contributed by atoms with Gasteiger partial charge in [-0.2, -0.15) is 0 Å². The Labute approximate surface area is 508 Å². The van der Waals surface area contributed by atoms with Crippen molar-refractivity contribution in [1.82, 2.24) is 52.8 Å². The van der Waals surface area contributed by atoms with Gasteiger partial charge in [0.1, 0.15) is 60.3 Å². The standard InChI is InChI=1S/C56H77N13O16S2/c1-28(70)42(54(83)69-56-46(76)44(74)45(75)47(85-56)48(59)77)67-52(81)41(25-87-27-62-30(3)72)66-50(79)38(15-9-10-20-57)63-51(80)39(22-33-23-60-37-14-8-7-13-35(33)37)64-55(84)43(32-16-18-34(73)19-17-32)68-53(82)40(24-86-26-61-29(2)71)65-49(78)36(58)21-31-11-5-4-6-12-31/h4-8,11-14,16-19,23,28,36,38-47,56,60,70,73-76H,9-10,15,20-22,24-27,57-58H2,1-3H3,(H2,59,77)(H,61,71)(H,62,72)(H,63,80)(H,64,84)(H,65,78)(H,66,79)(H,67,81)(H,68,82)(H,69,83)/t28-,36-,38+,39+,40+,41+,42+,43?,44?,45?,46?,47?,56?/m1/s1. The number of hydrogen-bond acceptors (Lipinski definition) is 20. The molecule has 87 heavy (non-hydrogen) atoms. The van der Waals surface area contributed by atoms with Gasteiger partial charge in [0.05, 0.1) is 23.9 Å². The van der Waals surface area contributed by atoms with Gasteiger partial charge < -0.3 is 100 Å². The van der Waals surface area contributed by atoms with Crippen LogP contribution in [0.3, 0.4) is 0 Å². The van der Waals surface area contributed by atoms with Crippen LogP contribution in [0.1, 0.15) is 62.8 Å². The number of hydrogen-bond donors (Lipinski definition) is 18. The number of H-pyrrole nitrogens is 1. The number of unbranched alkanes of at least 4 members (excludes halogenated alkanes) is 1. The number of nitrogens with two attached hydrogens (primary N) is 3. The second-order valence-corrected chi connectivity index (χ2v) is 22.6. The van der Waals surface area contributed by atoms with Crippen LogP contribution in [0.4, 0.5) is 0 Å². The van der Waals surface area contributed by atoms with Crippen LogP contribution in [-0.4, -0.2) is 192 Å². The molecule has 0 aliphatic carbocycles. The number of amides is 10. The van der Waals surface area contributed by atoms with E-state index in [0.29, 0.717) is 22.9 Å². The van der Waals surface area contributed by atoms with Crippen molar-refractivity contribution in [2.45, 2.75) is 132 Å². The van der Waals surface area contributed by atoms with Crippen LogP contribution in [-0.2, 0) is 65.5 Å². The number of aliphatic hydroxyl groups excluding tert-OH is 4. The molecule has 1 fully saturated rings. The average Bonchev–Trinajstić information content (AvgIpc) is 2.69. The fourth-order valence-corrected chi connectivity index (χ4v) is 10.7. The minimum Gasteiger partial charge on any atom is -0.508 e. The zero-order chi connectivity index (χ0) is 63.9. The first kappa shape index (κ1) is 69.9. The fourth-order valence-electron chi connectivity index (χ4n) is 8.89. The molecule has 13 atom stereocenters. The molecular formula is C56H77N13O16S2. The van der Waals surface area contributed by atoms with Crippen molar-refractivity contribution in [3.05, 3.63) is 102 Å². The molecule has 31 heteroatoms. The van der Waals surface area contributed by atoms with E-state index in [1.54, 1.807) is 60.8 Å². The summed E-state index contributed by atoms with van der Waals surface area (Å²) >= 11 is 2.04. The predicted octanol–water partition coefficient (Wildman–Crippen LogP) is -4.16. The Kier molecular flexibility index (Phi) is 27.7. The first-order chi connectivity index (χ1) is 41.4. The summed E-state index contributed by atoms with van der Waals surface area (Å²) in [5, 5.41) is 75.9. The number of nitrogens with one attached hydrogen (secondary N) is 10. The Hall–Kier alpha value is -7.88. The van der Waals surface area contributed by atoms with Gasteiger partial charge in [-0.1, -0.05) is 60.7 Å². The lowest BCUT2D eigenvalue weighted by atomic mass is 9.97. The number of para-hydroxylation sites is 1. The van der Waals surface area contributed by atoms with Crippen molar-refractivity contribution in [1.29, 1.82) is 0 Å². The van der Waals surface area contributed by atoms with Crippen LogP contribution in [0.5, 0.6) is 5.75 Å². The SMILES string of the molecule is CC(=O)NCSC[C@H](NC(=O)[C@H](N)Cc1ccccc1)C(=O)NC(C(=O)N[C@@H](Cc1c[nH]c2ccccc12)C(=O)N[C@@H](CCCCN)C(=O)N[C@@H](CSCNC(C)=O)C(=O)N[C@H](C(=O)NC1OC(C(N)=O)C(O)C(O)C1O)[C@@H](C)O)c1ccc(O)cc1. The van der Waals surface area contributed by atoms with E-state index in [9.17, 15) is 73.5 Å². The van der Waals surface area contributed by atoms with Crippen LogP contribution in [0.25, 0.3) is 10.9 Å². The van der Waals surface area contributed by atoms with Gasteiger partial charge >= 0.3 is 0 Å². The second kappa shape index (κ2) is 34.5. The summed E-state index contributed by atoms with van der Waals surface area (Å²) in [6, 6.07) is 10.6. The molecule has 1 aliphatic heterocycles. The van der Waals surface area contributed by atoms with Crippen molar-refractivity contribution in [3.8, 4) is 5.75 Å². The number of ether oxygens (including phenoxy) is 1. The van der Waals surface area contributed by atoms with Crippen LogP contribution >= 0.6 is 23.5 Å². The topological polar surface area (TPSA) is 483 Å². The lowest BCUT2D eigenvalue weighted by Crippen LogP contribution is -2.67. The van der Waals surface area contributed by atoms with Gasteiger partial charge in [-0.3, -0.25) is 47.9 Å². The number of primary amides is 1. The third kappa shape index (κ3) is 21.5. The Morgan fingerprint density at radius 2 is 1.18 bits per heavy atom. The van der Waals surface area contributed by atoms with E-state index in [0.717, 1.165) is 36.0 Å². The number of aromatic nitrogens is 1. The van der Waals surface area contributed by atoms with E-state index < -0.39 is 132 Å². The highest BCUT2D eigenvalue weighted by molar-refractivity contribution is 7.99. The molecule has 0 radical (unpaired) electrons. The molecule has 474 valence electrons. The third-order valence-corrected chi connectivity index (χ3v) is 15.5. The molecule has 29 nitrogen and oxygen atoms in total. The maximum atomic E-state index is 15.0. The maximum absolute atomic E-state index is 15.0. The number of carbonyl (C=O) groups excluding carboxylic acids is 10. The highest BCUT2D eigenvalue weighted by Crippen LogP contribution is 2.23. The normalized spacial score (nSPS) is 19.2. The van der Waals surface area contributed by atoms with E-state index in [-0.39, 0.29) is 72.7 Å². The molecule has 3 aromatic carbocycles. The number of fused-ring (bicyclic) bond motifs is 1. The van der Waals surface area contributed by atoms with E-state index in [2.05, 4.69) is 52.8 Å². The van der Waals surface area contributed by atoms with Crippen LogP contribution in [0.15, 0.2) is 85.1 Å². The van der Waals surface area contributed by atoms with Gasteiger partial charge in [-0.25, -0.2) is 0 Å². The van der Waals surface area contributed by atoms with Gasteiger partial charge in [-0.05, 0) is 74.0 Å². The minimum atomic E-state index is -2.04. The molecule has 5 rings (SSSR count). The van der Waals surface area contributed by atoms with Gasteiger partial charge in [0.25, 0.3) is 0 Å². The quantitative estimate of drug-likeness (QED) is 0.0159. The van der Waals surface area contributed by atoms with Crippen molar-refractivity contribution >= 4 is 93.5 Å². The van der Waals surface area contributed by atoms with Crippen LogP contribution in [0.2, 0.25) is 0 Å². The number of aliphatic hydroxyl groups is 4. The molecular weight excluding hydrogens is 1170 g/mol. The fraction of sp³-hybridized carbons (Fsp3) is 0.464. The molecule has 0 bridgehead atoms. The number of benzene rings is 3. The number of carbonyl (C=O) groups is 10. The van der Waals surface area contributed by atoms with Crippen LogP contribution < -0.4 is 65.1 Å². The molecule has 4 aromatic rings. The minimum absolute atomic E-state index is 0.0437. The number of rotatable bonds is 33. The summed E-state index contributed by atoms with van der Waals surface area (Å²) in [6.45, 7) is 3.82. The molecule has 1 saturated heterocycles. The smallest absolute Gasteiger partial charge is 0.249 e. The Balaban J connectivity index is 1.45. The molecule has 21 N–H and O–H groups in total.